The van der Waals surface area contributed by atoms with Crippen molar-refractivity contribution >= 4 is 35.8 Å². The summed E-state index contributed by atoms with van der Waals surface area (Å²) in [5.74, 6) is 0.496. The first kappa shape index (κ1) is 23.6. The Morgan fingerprint density at radius 3 is 2.52 bits per heavy atom. The van der Waals surface area contributed by atoms with Gasteiger partial charge in [0.2, 0.25) is 5.91 Å². The van der Waals surface area contributed by atoms with Crippen molar-refractivity contribution in [3.63, 3.8) is 0 Å². The second-order valence-corrected chi connectivity index (χ2v) is 6.73. The normalized spacial score (nSPS) is 11.5. The third-order valence-electron chi connectivity index (χ3n) is 3.35. The largest absolute Gasteiger partial charge is 0.357 e. The predicted molar refractivity (Wildman–Crippen MR) is 112 cm³/mol. The number of hydrogen-bond acceptors (Lipinski definition) is 2. The van der Waals surface area contributed by atoms with Crippen LogP contribution in [0.25, 0.3) is 0 Å². The van der Waals surface area contributed by atoms with E-state index in [0.717, 1.165) is 18.1 Å². The number of carbonyl (C=O) groups is 1. The van der Waals surface area contributed by atoms with Crippen molar-refractivity contribution in [1.82, 2.24) is 15.5 Å². The molecule has 1 rings (SSSR count). The fourth-order valence-electron chi connectivity index (χ4n) is 2.05. The molecule has 1 amide bonds. The van der Waals surface area contributed by atoms with Crippen molar-refractivity contribution in [1.29, 1.82) is 0 Å². The smallest absolute Gasteiger partial charge is 0.225 e. The van der Waals surface area contributed by atoms with E-state index in [9.17, 15) is 9.18 Å². The van der Waals surface area contributed by atoms with Crippen molar-refractivity contribution < 1.29 is 9.18 Å². The summed E-state index contributed by atoms with van der Waals surface area (Å²) in [5.41, 5.74) is 0.478. The maximum Gasteiger partial charge on any atom is 0.225 e. The van der Waals surface area contributed by atoms with Gasteiger partial charge in [0.1, 0.15) is 5.82 Å². The minimum Gasteiger partial charge on any atom is -0.357 e. The van der Waals surface area contributed by atoms with Crippen LogP contribution in [-0.4, -0.2) is 43.4 Å². The van der Waals surface area contributed by atoms with Gasteiger partial charge in [-0.15, -0.1) is 24.0 Å². The zero-order valence-electron chi connectivity index (χ0n) is 15.7. The Balaban J connectivity index is 0.00000576. The highest BCUT2D eigenvalue weighted by atomic mass is 127. The minimum absolute atomic E-state index is 0. The van der Waals surface area contributed by atoms with Crippen molar-refractivity contribution in [2.24, 2.45) is 10.4 Å². The highest BCUT2D eigenvalue weighted by molar-refractivity contribution is 14.0. The topological polar surface area (TPSA) is 56.7 Å². The first-order chi connectivity index (χ1) is 11.2. The first-order valence-electron chi connectivity index (χ1n) is 8.26. The van der Waals surface area contributed by atoms with E-state index in [-0.39, 0.29) is 35.7 Å². The van der Waals surface area contributed by atoms with E-state index in [1.54, 1.807) is 6.07 Å². The van der Waals surface area contributed by atoms with E-state index < -0.39 is 5.41 Å². The van der Waals surface area contributed by atoms with Crippen LogP contribution in [0.2, 0.25) is 0 Å². The Bertz CT molecular complexity index is 572. The highest BCUT2D eigenvalue weighted by Crippen LogP contribution is 2.12. The summed E-state index contributed by atoms with van der Waals surface area (Å²) in [6.07, 6.45) is 0. The van der Waals surface area contributed by atoms with Gasteiger partial charge in [0.15, 0.2) is 5.96 Å². The lowest BCUT2D eigenvalue weighted by molar-refractivity contribution is -0.128. The molecule has 0 fully saturated rings. The lowest BCUT2D eigenvalue weighted by Crippen LogP contribution is -2.40. The third-order valence-corrected chi connectivity index (χ3v) is 3.35. The van der Waals surface area contributed by atoms with Crippen LogP contribution in [0.4, 0.5) is 4.39 Å². The van der Waals surface area contributed by atoms with Gasteiger partial charge in [0, 0.05) is 32.1 Å². The highest BCUT2D eigenvalue weighted by Gasteiger charge is 2.20. The van der Waals surface area contributed by atoms with Crippen LogP contribution >= 0.6 is 24.0 Å². The van der Waals surface area contributed by atoms with E-state index in [1.165, 1.54) is 12.1 Å². The number of amides is 1. The van der Waals surface area contributed by atoms with Crippen LogP contribution in [0.3, 0.4) is 0 Å². The second kappa shape index (κ2) is 11.3. The minimum atomic E-state index is -0.400. The lowest BCUT2D eigenvalue weighted by atomic mass is 9.96. The molecule has 0 bridgehead atoms. The Labute approximate surface area is 167 Å². The number of nitrogens with one attached hydrogen (secondary N) is 2. The molecule has 1 aromatic carbocycles. The number of halogens is 2. The number of nitrogens with zero attached hydrogens (tertiary/aromatic N) is 2. The second-order valence-electron chi connectivity index (χ2n) is 6.73. The standard InChI is InChI=1S/C18H29FN4O.HI/c1-6-20-17(22-11-10-21-16(24)18(2,3)4)23(5)13-14-8-7-9-15(19)12-14;/h7-9,12H,6,10-11,13H2,1-5H3,(H,20,22)(H,21,24);1H. The molecule has 5 nitrogen and oxygen atoms in total. The van der Waals surface area contributed by atoms with Crippen LogP contribution in [0.5, 0.6) is 0 Å². The molecule has 0 aromatic heterocycles. The van der Waals surface area contributed by atoms with Gasteiger partial charge in [-0.25, -0.2) is 4.39 Å². The average Bonchev–Trinajstić information content (AvgIpc) is 2.49. The number of carbonyl (C=O) groups excluding carboxylic acids is 1. The third kappa shape index (κ3) is 9.04. The molecule has 25 heavy (non-hydrogen) atoms. The van der Waals surface area contributed by atoms with E-state index >= 15 is 0 Å². The Hall–Kier alpha value is -1.38. The Morgan fingerprint density at radius 2 is 1.96 bits per heavy atom. The maximum atomic E-state index is 13.3. The Morgan fingerprint density at radius 1 is 1.28 bits per heavy atom. The van der Waals surface area contributed by atoms with Gasteiger partial charge in [-0.3, -0.25) is 9.79 Å². The zero-order chi connectivity index (χ0) is 18.2. The summed E-state index contributed by atoms with van der Waals surface area (Å²) in [7, 11) is 1.90. The fourth-order valence-corrected chi connectivity index (χ4v) is 2.05. The van der Waals surface area contributed by atoms with E-state index in [0.29, 0.717) is 19.6 Å². The van der Waals surface area contributed by atoms with E-state index in [4.69, 9.17) is 0 Å². The van der Waals surface area contributed by atoms with Crippen LogP contribution in [0.15, 0.2) is 29.3 Å². The van der Waals surface area contributed by atoms with Crippen LogP contribution in [-0.2, 0) is 11.3 Å². The molecule has 0 radical (unpaired) electrons. The molecule has 142 valence electrons. The molecule has 2 N–H and O–H groups in total. The molecule has 7 heteroatoms. The molecular formula is C18H30FIN4O. The van der Waals surface area contributed by atoms with Crippen molar-refractivity contribution in [3.8, 4) is 0 Å². The van der Waals surface area contributed by atoms with Crippen molar-refractivity contribution in [2.45, 2.75) is 34.2 Å². The van der Waals surface area contributed by atoms with Gasteiger partial charge in [-0.2, -0.15) is 0 Å². The predicted octanol–water partition coefficient (Wildman–Crippen LogP) is 3.00. The molecule has 0 unspecified atom stereocenters. The van der Waals surface area contributed by atoms with E-state index in [1.807, 2.05) is 45.7 Å². The monoisotopic (exact) mass is 464 g/mol. The number of guanidine groups is 1. The summed E-state index contributed by atoms with van der Waals surface area (Å²) >= 11 is 0. The van der Waals surface area contributed by atoms with Gasteiger partial charge in [-0.05, 0) is 24.6 Å². The summed E-state index contributed by atoms with van der Waals surface area (Å²) in [4.78, 5) is 18.3. The quantitative estimate of drug-likeness (QED) is 0.295. The average molecular weight is 464 g/mol. The zero-order valence-corrected chi connectivity index (χ0v) is 18.1. The maximum absolute atomic E-state index is 13.3. The summed E-state index contributed by atoms with van der Waals surface area (Å²) in [5, 5.41) is 6.08. The van der Waals surface area contributed by atoms with E-state index in [2.05, 4.69) is 15.6 Å². The fraction of sp³-hybridized carbons (Fsp3) is 0.556. The summed E-state index contributed by atoms with van der Waals surface area (Å²) < 4.78 is 13.3. The summed E-state index contributed by atoms with van der Waals surface area (Å²) in [6.45, 7) is 9.88. The van der Waals surface area contributed by atoms with Gasteiger partial charge in [-0.1, -0.05) is 32.9 Å². The molecule has 0 saturated carbocycles. The molecule has 1 aromatic rings. The number of aliphatic imine (C=N–C) groups is 1. The molecule has 0 heterocycles. The van der Waals surface area contributed by atoms with Crippen LogP contribution in [0, 0.1) is 11.2 Å². The van der Waals surface area contributed by atoms with Gasteiger partial charge in [0.05, 0.1) is 6.54 Å². The Kier molecular flexibility index (Phi) is 10.7. The van der Waals surface area contributed by atoms with Gasteiger partial charge < -0.3 is 15.5 Å². The van der Waals surface area contributed by atoms with Gasteiger partial charge in [0.25, 0.3) is 0 Å². The van der Waals surface area contributed by atoms with Crippen LogP contribution in [0.1, 0.15) is 33.3 Å². The van der Waals surface area contributed by atoms with Crippen molar-refractivity contribution in [3.05, 3.63) is 35.6 Å². The molecule has 0 saturated heterocycles. The SMILES string of the molecule is CCNC(=NCCNC(=O)C(C)(C)C)N(C)Cc1cccc(F)c1.I. The molecule has 0 aliphatic rings. The lowest BCUT2D eigenvalue weighted by Gasteiger charge is -2.22. The number of benzene rings is 1. The number of rotatable bonds is 6. The molecule has 0 spiro atoms. The van der Waals surface area contributed by atoms with Crippen molar-refractivity contribution in [2.75, 3.05) is 26.7 Å². The molecule has 0 atom stereocenters. The van der Waals surface area contributed by atoms with Gasteiger partial charge >= 0.3 is 0 Å². The molecule has 0 aliphatic carbocycles. The van der Waals surface area contributed by atoms with Crippen LogP contribution < -0.4 is 10.6 Å². The number of hydrogen-bond donors (Lipinski definition) is 2. The summed E-state index contributed by atoms with van der Waals surface area (Å²) in [6, 6.07) is 6.53. The first-order valence-corrected chi connectivity index (χ1v) is 8.26. The molecule has 0 aliphatic heterocycles. The molecular weight excluding hydrogens is 434 g/mol.